The topological polar surface area (TPSA) is 70.0 Å². The summed E-state index contributed by atoms with van der Waals surface area (Å²) in [6.45, 7) is 4.81. The second-order valence-electron chi connectivity index (χ2n) is 6.18. The molecule has 28 heavy (non-hydrogen) atoms. The lowest BCUT2D eigenvalue weighted by molar-refractivity contribution is 0.296. The van der Waals surface area contributed by atoms with E-state index < -0.39 is 0 Å². The molecule has 3 aromatic rings. The van der Waals surface area contributed by atoms with E-state index in [1.807, 2.05) is 32.0 Å². The Morgan fingerprint density at radius 2 is 1.57 bits per heavy atom. The van der Waals surface area contributed by atoms with Gasteiger partial charge in [0.1, 0.15) is 0 Å². The molecular formula is C22H25NO5. The molecule has 6 nitrogen and oxygen atoms in total. The zero-order chi connectivity index (χ0) is 20.1. The van der Waals surface area contributed by atoms with E-state index in [4.69, 9.17) is 18.9 Å². The summed E-state index contributed by atoms with van der Waals surface area (Å²) >= 11 is 0. The number of benzene rings is 2. The van der Waals surface area contributed by atoms with Gasteiger partial charge in [-0.3, -0.25) is 4.98 Å². The molecule has 0 aliphatic heterocycles. The number of aromatic nitrogens is 1. The van der Waals surface area contributed by atoms with Crippen LogP contribution in [0.5, 0.6) is 28.7 Å². The second-order valence-corrected chi connectivity index (χ2v) is 6.18. The lowest BCUT2D eigenvalue weighted by Gasteiger charge is -2.16. The molecule has 0 radical (unpaired) electrons. The molecule has 1 heterocycles. The molecule has 0 bridgehead atoms. The zero-order valence-electron chi connectivity index (χ0n) is 16.6. The number of nitrogens with zero attached hydrogens (tertiary/aromatic N) is 1. The van der Waals surface area contributed by atoms with Gasteiger partial charge in [-0.1, -0.05) is 6.07 Å². The Morgan fingerprint density at radius 3 is 2.25 bits per heavy atom. The van der Waals surface area contributed by atoms with Gasteiger partial charge in [0.2, 0.25) is 5.75 Å². The van der Waals surface area contributed by atoms with E-state index in [0.29, 0.717) is 48.0 Å². The van der Waals surface area contributed by atoms with Crippen molar-refractivity contribution < 1.29 is 24.1 Å². The number of methoxy groups -OCH3 is 2. The number of ether oxygens (including phenoxy) is 4. The van der Waals surface area contributed by atoms with Gasteiger partial charge in [-0.05, 0) is 55.0 Å². The third kappa shape index (κ3) is 3.76. The maximum absolute atomic E-state index is 10.5. The minimum Gasteiger partial charge on any atom is -0.504 e. The number of hydrogen-bond acceptors (Lipinski definition) is 6. The van der Waals surface area contributed by atoms with Gasteiger partial charge in [0.05, 0.1) is 27.4 Å². The Morgan fingerprint density at radius 1 is 0.857 bits per heavy atom. The molecule has 3 rings (SSSR count). The van der Waals surface area contributed by atoms with Gasteiger partial charge in [0.15, 0.2) is 23.0 Å². The Kier molecular flexibility index (Phi) is 6.09. The summed E-state index contributed by atoms with van der Waals surface area (Å²) in [5.41, 5.74) is 1.97. The number of aromatic hydroxyl groups is 1. The van der Waals surface area contributed by atoms with Crippen molar-refractivity contribution in [1.82, 2.24) is 4.98 Å². The minimum atomic E-state index is 0.107. The van der Waals surface area contributed by atoms with Crippen molar-refractivity contribution in [2.45, 2.75) is 20.3 Å². The van der Waals surface area contributed by atoms with Crippen molar-refractivity contribution in [1.29, 1.82) is 0 Å². The average Bonchev–Trinajstić information content (AvgIpc) is 2.70. The van der Waals surface area contributed by atoms with Crippen LogP contribution < -0.4 is 18.9 Å². The van der Waals surface area contributed by atoms with Crippen LogP contribution >= 0.6 is 0 Å². The molecule has 1 aromatic heterocycles. The fourth-order valence-electron chi connectivity index (χ4n) is 3.25. The number of phenolic OH excluding ortho intramolecular Hbond substituents is 1. The second kappa shape index (κ2) is 8.69. The van der Waals surface area contributed by atoms with Crippen LogP contribution in [-0.2, 0) is 6.42 Å². The van der Waals surface area contributed by atoms with Crippen LogP contribution in [0.25, 0.3) is 10.8 Å². The molecule has 6 heteroatoms. The number of hydrogen-bond donors (Lipinski definition) is 1. The molecule has 0 aliphatic rings. The summed E-state index contributed by atoms with van der Waals surface area (Å²) in [5, 5.41) is 12.1. The first-order valence-corrected chi connectivity index (χ1v) is 9.21. The first-order valence-electron chi connectivity index (χ1n) is 9.21. The summed E-state index contributed by atoms with van der Waals surface area (Å²) in [6.07, 6.45) is 4.05. The molecule has 0 aliphatic carbocycles. The fraction of sp³-hybridized carbons (Fsp3) is 0.318. The lowest BCUT2D eigenvalue weighted by Crippen LogP contribution is -2.00. The predicted octanol–water partition coefficient (Wildman–Crippen LogP) is 4.35. The normalized spacial score (nSPS) is 10.7. The van der Waals surface area contributed by atoms with Gasteiger partial charge in [-0.2, -0.15) is 0 Å². The largest absolute Gasteiger partial charge is 0.504 e. The van der Waals surface area contributed by atoms with Crippen molar-refractivity contribution in [3.05, 3.63) is 47.8 Å². The maximum Gasteiger partial charge on any atom is 0.203 e. The zero-order valence-corrected chi connectivity index (χ0v) is 16.6. The third-order valence-electron chi connectivity index (χ3n) is 4.46. The van der Waals surface area contributed by atoms with Crippen molar-refractivity contribution in [3.63, 3.8) is 0 Å². The Labute approximate surface area is 164 Å². The maximum atomic E-state index is 10.5. The van der Waals surface area contributed by atoms with E-state index in [0.717, 1.165) is 16.5 Å². The van der Waals surface area contributed by atoms with Gasteiger partial charge in [-0.15, -0.1) is 0 Å². The average molecular weight is 383 g/mol. The summed E-state index contributed by atoms with van der Waals surface area (Å²) in [4.78, 5) is 4.30. The summed E-state index contributed by atoms with van der Waals surface area (Å²) < 4.78 is 22.1. The Bertz CT molecular complexity index is 971. The van der Waals surface area contributed by atoms with Gasteiger partial charge < -0.3 is 24.1 Å². The highest BCUT2D eigenvalue weighted by atomic mass is 16.5. The van der Waals surface area contributed by atoms with E-state index >= 15 is 0 Å². The lowest BCUT2D eigenvalue weighted by atomic mass is 9.99. The molecule has 2 aromatic carbocycles. The molecule has 0 fully saturated rings. The third-order valence-corrected chi connectivity index (χ3v) is 4.46. The van der Waals surface area contributed by atoms with Gasteiger partial charge in [0, 0.05) is 17.8 Å². The molecule has 0 saturated carbocycles. The highest BCUT2D eigenvalue weighted by molar-refractivity contribution is 5.92. The van der Waals surface area contributed by atoms with E-state index in [2.05, 4.69) is 4.98 Å². The number of pyridine rings is 1. The number of rotatable bonds is 8. The van der Waals surface area contributed by atoms with E-state index in [-0.39, 0.29) is 5.75 Å². The smallest absolute Gasteiger partial charge is 0.203 e. The SMILES string of the molecule is CCOc1cc(Cc2cncc3c(O)c(OCC)ccc23)cc(OC)c1OC. The van der Waals surface area contributed by atoms with E-state index in [9.17, 15) is 5.11 Å². The van der Waals surface area contributed by atoms with Crippen LogP contribution in [0.1, 0.15) is 25.0 Å². The summed E-state index contributed by atoms with van der Waals surface area (Å²) in [5.74, 6) is 2.38. The summed E-state index contributed by atoms with van der Waals surface area (Å²) in [7, 11) is 3.19. The van der Waals surface area contributed by atoms with Crippen molar-refractivity contribution in [2.24, 2.45) is 0 Å². The van der Waals surface area contributed by atoms with Crippen LogP contribution in [0.3, 0.4) is 0 Å². The van der Waals surface area contributed by atoms with Crippen LogP contribution in [0.15, 0.2) is 36.7 Å². The number of phenols is 1. The first-order chi connectivity index (χ1) is 13.6. The Balaban J connectivity index is 2.05. The molecule has 0 amide bonds. The predicted molar refractivity (Wildman–Crippen MR) is 108 cm³/mol. The van der Waals surface area contributed by atoms with E-state index in [1.54, 1.807) is 32.7 Å². The van der Waals surface area contributed by atoms with Crippen LogP contribution in [0.4, 0.5) is 0 Å². The summed E-state index contributed by atoms with van der Waals surface area (Å²) in [6, 6.07) is 7.60. The van der Waals surface area contributed by atoms with Crippen LogP contribution in [0.2, 0.25) is 0 Å². The minimum absolute atomic E-state index is 0.107. The quantitative estimate of drug-likeness (QED) is 0.624. The fourth-order valence-corrected chi connectivity index (χ4v) is 3.25. The molecule has 148 valence electrons. The molecule has 0 saturated heterocycles. The molecule has 1 N–H and O–H groups in total. The van der Waals surface area contributed by atoms with Crippen molar-refractivity contribution in [2.75, 3.05) is 27.4 Å². The van der Waals surface area contributed by atoms with Crippen LogP contribution in [0, 0.1) is 0 Å². The van der Waals surface area contributed by atoms with Crippen LogP contribution in [-0.4, -0.2) is 37.5 Å². The van der Waals surface area contributed by atoms with Gasteiger partial charge in [0.25, 0.3) is 0 Å². The highest BCUT2D eigenvalue weighted by Gasteiger charge is 2.16. The van der Waals surface area contributed by atoms with E-state index in [1.165, 1.54) is 0 Å². The van der Waals surface area contributed by atoms with Gasteiger partial charge >= 0.3 is 0 Å². The monoisotopic (exact) mass is 383 g/mol. The number of fused-ring (bicyclic) bond motifs is 1. The van der Waals surface area contributed by atoms with Crippen molar-refractivity contribution in [3.8, 4) is 28.7 Å². The highest BCUT2D eigenvalue weighted by Crippen LogP contribution is 2.40. The molecule has 0 atom stereocenters. The standard InChI is InChI=1S/C22H25NO5/c1-5-27-18-8-7-16-15(12-23-13-17(16)21(18)24)9-14-10-19(25-3)22(26-4)20(11-14)28-6-2/h7-8,10-13,24H,5-6,9H2,1-4H3. The first kappa shape index (κ1) is 19.6. The Hall–Kier alpha value is -3.15. The molecular weight excluding hydrogens is 358 g/mol. The molecule has 0 unspecified atom stereocenters. The molecule has 0 spiro atoms. The van der Waals surface area contributed by atoms with Gasteiger partial charge in [-0.25, -0.2) is 0 Å². The van der Waals surface area contributed by atoms with Crippen molar-refractivity contribution >= 4 is 10.8 Å².